The Labute approximate surface area is 155 Å². The summed E-state index contributed by atoms with van der Waals surface area (Å²) in [6, 6.07) is 4.58. The standard InChI is InChI=1S/C17H18Cl2N2O4/c1-9(17(23)24)10(2)21-15(22)5-6-16-20-8-14(25-16)12-4-3-11(18)7-13(12)19/h3-4,7-10H,5-6H2,1-2H3,(H,21,22)(H,23,24). The van der Waals surface area contributed by atoms with Gasteiger partial charge in [-0.05, 0) is 32.0 Å². The monoisotopic (exact) mass is 384 g/mol. The molecular formula is C17H18Cl2N2O4. The fourth-order valence-electron chi connectivity index (χ4n) is 2.13. The minimum absolute atomic E-state index is 0.144. The number of carboxylic acids is 1. The highest BCUT2D eigenvalue weighted by Gasteiger charge is 2.21. The van der Waals surface area contributed by atoms with Crippen molar-refractivity contribution in [3.63, 3.8) is 0 Å². The number of hydrogen-bond acceptors (Lipinski definition) is 4. The number of nitrogens with zero attached hydrogens (tertiary/aromatic N) is 1. The second-order valence-electron chi connectivity index (χ2n) is 5.73. The van der Waals surface area contributed by atoms with Crippen molar-refractivity contribution >= 4 is 35.1 Å². The van der Waals surface area contributed by atoms with Gasteiger partial charge in [-0.2, -0.15) is 0 Å². The van der Waals surface area contributed by atoms with Gasteiger partial charge in [0.2, 0.25) is 5.91 Å². The van der Waals surface area contributed by atoms with E-state index >= 15 is 0 Å². The molecule has 0 radical (unpaired) electrons. The molecule has 0 aliphatic heterocycles. The third kappa shape index (κ3) is 5.21. The molecule has 2 atom stereocenters. The van der Waals surface area contributed by atoms with Crippen LogP contribution in [0.1, 0.15) is 26.2 Å². The van der Waals surface area contributed by atoms with Crippen molar-refractivity contribution in [1.29, 1.82) is 0 Å². The summed E-state index contributed by atoms with van der Waals surface area (Å²) in [5.74, 6) is -0.987. The smallest absolute Gasteiger partial charge is 0.308 e. The first-order valence-electron chi connectivity index (χ1n) is 7.70. The highest BCUT2D eigenvalue weighted by atomic mass is 35.5. The molecule has 1 heterocycles. The Bertz CT molecular complexity index is 776. The van der Waals surface area contributed by atoms with Crippen molar-refractivity contribution in [1.82, 2.24) is 10.3 Å². The molecule has 2 unspecified atom stereocenters. The van der Waals surface area contributed by atoms with Crippen LogP contribution in [0.2, 0.25) is 10.0 Å². The number of oxazole rings is 1. The van der Waals surface area contributed by atoms with Gasteiger partial charge in [0, 0.05) is 29.5 Å². The Kier molecular flexibility index (Phi) is 6.45. The van der Waals surface area contributed by atoms with Crippen LogP contribution in [-0.2, 0) is 16.0 Å². The maximum absolute atomic E-state index is 11.9. The van der Waals surface area contributed by atoms with Crippen molar-refractivity contribution in [3.05, 3.63) is 40.3 Å². The van der Waals surface area contributed by atoms with Gasteiger partial charge in [0.1, 0.15) is 0 Å². The largest absolute Gasteiger partial charge is 0.481 e. The van der Waals surface area contributed by atoms with E-state index < -0.39 is 17.9 Å². The van der Waals surface area contributed by atoms with Crippen molar-refractivity contribution in [2.24, 2.45) is 5.92 Å². The average Bonchev–Trinajstić information content (AvgIpc) is 3.00. The van der Waals surface area contributed by atoms with E-state index in [-0.39, 0.29) is 12.3 Å². The molecule has 134 valence electrons. The van der Waals surface area contributed by atoms with Gasteiger partial charge in [0.05, 0.1) is 17.1 Å². The van der Waals surface area contributed by atoms with E-state index in [9.17, 15) is 9.59 Å². The topological polar surface area (TPSA) is 92.4 Å². The van der Waals surface area contributed by atoms with Crippen molar-refractivity contribution in [2.45, 2.75) is 32.7 Å². The summed E-state index contributed by atoms with van der Waals surface area (Å²) in [6.07, 6.45) is 1.98. The number of rotatable bonds is 7. The van der Waals surface area contributed by atoms with E-state index in [0.717, 1.165) is 0 Å². The number of aromatic nitrogens is 1. The fourth-order valence-corrected chi connectivity index (χ4v) is 2.63. The maximum Gasteiger partial charge on any atom is 0.308 e. The molecule has 2 rings (SSSR count). The molecule has 6 nitrogen and oxygen atoms in total. The number of amides is 1. The van der Waals surface area contributed by atoms with Crippen LogP contribution >= 0.6 is 23.2 Å². The van der Waals surface area contributed by atoms with Crippen LogP contribution in [0.25, 0.3) is 11.3 Å². The van der Waals surface area contributed by atoms with Crippen LogP contribution in [0, 0.1) is 5.92 Å². The van der Waals surface area contributed by atoms with Gasteiger partial charge in [0.15, 0.2) is 11.7 Å². The number of aliphatic carboxylic acids is 1. The molecule has 1 amide bonds. The van der Waals surface area contributed by atoms with Crippen molar-refractivity contribution in [3.8, 4) is 11.3 Å². The van der Waals surface area contributed by atoms with Crippen LogP contribution in [0.15, 0.2) is 28.8 Å². The number of nitrogens with one attached hydrogen (secondary N) is 1. The van der Waals surface area contributed by atoms with E-state index in [1.165, 1.54) is 6.20 Å². The van der Waals surface area contributed by atoms with E-state index in [4.69, 9.17) is 32.7 Å². The van der Waals surface area contributed by atoms with E-state index in [1.54, 1.807) is 32.0 Å². The first-order valence-corrected chi connectivity index (χ1v) is 8.46. The third-order valence-electron chi connectivity index (χ3n) is 3.84. The molecule has 0 saturated carbocycles. The molecule has 0 spiro atoms. The highest BCUT2D eigenvalue weighted by molar-refractivity contribution is 6.36. The van der Waals surface area contributed by atoms with Gasteiger partial charge in [-0.1, -0.05) is 23.2 Å². The van der Waals surface area contributed by atoms with Gasteiger partial charge in [-0.15, -0.1) is 0 Å². The molecule has 2 N–H and O–H groups in total. The highest BCUT2D eigenvalue weighted by Crippen LogP contribution is 2.30. The number of carbonyl (C=O) groups excluding carboxylic acids is 1. The third-order valence-corrected chi connectivity index (χ3v) is 4.39. The Hall–Kier alpha value is -2.05. The SMILES string of the molecule is CC(NC(=O)CCc1ncc(-c2ccc(Cl)cc2Cl)o1)C(C)C(=O)O. The number of hydrogen-bond donors (Lipinski definition) is 2. The molecule has 0 aliphatic rings. The molecule has 25 heavy (non-hydrogen) atoms. The molecule has 0 bridgehead atoms. The molecular weight excluding hydrogens is 367 g/mol. The van der Waals surface area contributed by atoms with E-state index in [2.05, 4.69) is 10.3 Å². The molecule has 0 saturated heterocycles. The number of aryl methyl sites for hydroxylation is 1. The summed E-state index contributed by atoms with van der Waals surface area (Å²) >= 11 is 12.0. The first-order chi connectivity index (χ1) is 11.8. The number of benzene rings is 1. The zero-order valence-corrected chi connectivity index (χ0v) is 15.3. The second-order valence-corrected chi connectivity index (χ2v) is 6.57. The van der Waals surface area contributed by atoms with E-state index in [0.29, 0.717) is 33.7 Å². The van der Waals surface area contributed by atoms with Crippen LogP contribution in [-0.4, -0.2) is 28.0 Å². The number of carboxylic acid groups (broad SMARTS) is 1. The Balaban J connectivity index is 1.93. The van der Waals surface area contributed by atoms with Crippen LogP contribution in [0.3, 0.4) is 0 Å². The van der Waals surface area contributed by atoms with Crippen molar-refractivity contribution in [2.75, 3.05) is 0 Å². The minimum Gasteiger partial charge on any atom is -0.481 e. The van der Waals surface area contributed by atoms with Gasteiger partial charge < -0.3 is 14.8 Å². The van der Waals surface area contributed by atoms with Gasteiger partial charge in [-0.25, -0.2) is 4.98 Å². The summed E-state index contributed by atoms with van der Waals surface area (Å²) in [5, 5.41) is 12.6. The first kappa shape index (κ1) is 19.3. The molecule has 0 fully saturated rings. The summed E-state index contributed by atoms with van der Waals surface area (Å²) in [7, 11) is 0. The molecule has 1 aromatic heterocycles. The second kappa shape index (κ2) is 8.36. The Morgan fingerprint density at radius 3 is 2.68 bits per heavy atom. The van der Waals surface area contributed by atoms with Gasteiger partial charge in [0.25, 0.3) is 0 Å². The van der Waals surface area contributed by atoms with Crippen LogP contribution in [0.5, 0.6) is 0 Å². The van der Waals surface area contributed by atoms with Gasteiger partial charge >= 0.3 is 5.97 Å². The maximum atomic E-state index is 11.9. The predicted octanol–water partition coefficient (Wildman–Crippen LogP) is 3.81. The lowest BCUT2D eigenvalue weighted by atomic mass is 10.0. The summed E-state index contributed by atoms with van der Waals surface area (Å²) in [4.78, 5) is 26.9. The molecule has 2 aromatic rings. The zero-order valence-electron chi connectivity index (χ0n) is 13.8. The summed E-state index contributed by atoms with van der Waals surface area (Å²) in [6.45, 7) is 3.20. The lowest BCUT2D eigenvalue weighted by Gasteiger charge is -2.17. The van der Waals surface area contributed by atoms with E-state index in [1.807, 2.05) is 0 Å². The Morgan fingerprint density at radius 1 is 1.32 bits per heavy atom. The summed E-state index contributed by atoms with van der Waals surface area (Å²) in [5.41, 5.74) is 0.665. The fraction of sp³-hybridized carbons (Fsp3) is 0.353. The molecule has 8 heteroatoms. The Morgan fingerprint density at radius 2 is 2.04 bits per heavy atom. The number of halogens is 2. The lowest BCUT2D eigenvalue weighted by Crippen LogP contribution is -2.40. The lowest BCUT2D eigenvalue weighted by molar-refractivity contribution is -0.142. The molecule has 0 aliphatic carbocycles. The normalized spacial score (nSPS) is 13.3. The minimum atomic E-state index is -0.954. The van der Waals surface area contributed by atoms with Gasteiger partial charge in [-0.3, -0.25) is 9.59 Å². The summed E-state index contributed by atoms with van der Waals surface area (Å²) < 4.78 is 5.62. The van der Waals surface area contributed by atoms with Crippen LogP contribution < -0.4 is 5.32 Å². The predicted molar refractivity (Wildman–Crippen MR) is 94.7 cm³/mol. The quantitative estimate of drug-likeness (QED) is 0.756. The number of carbonyl (C=O) groups is 2. The molecule has 1 aromatic carbocycles. The average molecular weight is 385 g/mol. The zero-order chi connectivity index (χ0) is 18.6. The van der Waals surface area contributed by atoms with Crippen LogP contribution in [0.4, 0.5) is 0 Å². The van der Waals surface area contributed by atoms with Crippen molar-refractivity contribution < 1.29 is 19.1 Å².